The van der Waals surface area contributed by atoms with Gasteiger partial charge in [0.2, 0.25) is 0 Å². The maximum atomic E-state index is 6.77. The Morgan fingerprint density at radius 1 is 0.437 bits per heavy atom. The van der Waals surface area contributed by atoms with Gasteiger partial charge in [0.05, 0.1) is 33.1 Å². The fraction of sp³-hybridized carbons (Fsp3) is 0.0656. The van der Waals surface area contributed by atoms with Gasteiger partial charge >= 0.3 is 5.95 Å². The van der Waals surface area contributed by atoms with Gasteiger partial charge in [-0.15, -0.1) is 9.97 Å². The molecule has 0 unspecified atom stereocenters. The third kappa shape index (κ3) is 6.45. The maximum Gasteiger partial charge on any atom is 0.329 e. The first-order valence-corrected chi connectivity index (χ1v) is 23.8. The molecule has 0 fully saturated rings. The Hall–Kier alpha value is -9.41. The monoisotopic (exact) mass is 917 g/mol. The van der Waals surface area contributed by atoms with E-state index in [2.05, 4.69) is 205 Å². The van der Waals surface area contributed by atoms with Crippen molar-refractivity contribution in [3.05, 3.63) is 218 Å². The summed E-state index contributed by atoms with van der Waals surface area (Å²) in [6.07, 6.45) is 5.59. The van der Waals surface area contributed by atoms with Crippen molar-refractivity contribution in [3.8, 4) is 40.8 Å². The number of benzene rings is 8. The Morgan fingerprint density at radius 3 is 1.49 bits per heavy atom. The number of pyridine rings is 1. The first kappa shape index (κ1) is 40.6. The zero-order chi connectivity index (χ0) is 47.4. The van der Waals surface area contributed by atoms with Gasteiger partial charge in [0.1, 0.15) is 17.3 Å². The van der Waals surface area contributed by atoms with Crippen molar-refractivity contribution in [3.63, 3.8) is 0 Å². The van der Waals surface area contributed by atoms with E-state index in [1.807, 2.05) is 51.7 Å². The molecule has 0 radical (unpaired) electrons. The Bertz CT molecular complexity index is 4210. The van der Waals surface area contributed by atoms with Gasteiger partial charge in [-0.2, -0.15) is 4.98 Å². The van der Waals surface area contributed by atoms with Crippen molar-refractivity contribution in [2.24, 2.45) is 0 Å². The second-order valence-electron chi connectivity index (χ2n) is 19.0. The number of hydrogen-bond acceptors (Lipinski definition) is 5. The smallest absolute Gasteiger partial charge is 0.329 e. The molecule has 8 aromatic carbocycles. The molecule has 0 saturated carbocycles. The Kier molecular flexibility index (Phi) is 8.91. The SMILES string of the molecule is CC(C)(C)c1ccnc(-n2c3ccccc3c3ccc(Oc4cccc(-n5[c-][n+](-c6nc(-n7c8ccccc8c8ccccc87)nc(-n7c8ccccc8c8ccccc87)n6)c6ccccc65)c4)cc32)c1. The lowest BCUT2D eigenvalue weighted by atomic mass is 9.88. The van der Waals surface area contributed by atoms with E-state index >= 15 is 0 Å². The molecular weight excluding hydrogens is 875 g/mol. The molecule has 0 amide bonds. The predicted octanol–water partition coefficient (Wildman–Crippen LogP) is 13.7. The molecule has 6 aromatic heterocycles. The molecule has 14 rings (SSSR count). The molecule has 0 aliphatic carbocycles. The number of aromatic nitrogens is 9. The van der Waals surface area contributed by atoms with Crippen molar-refractivity contribution < 1.29 is 9.30 Å². The zero-order valence-corrected chi connectivity index (χ0v) is 39.1. The molecule has 10 heteroatoms. The molecule has 0 aliphatic rings. The number of para-hydroxylation sites is 7. The molecule has 0 bridgehead atoms. The largest absolute Gasteiger partial charge is 0.458 e. The molecule has 6 heterocycles. The highest BCUT2D eigenvalue weighted by atomic mass is 16.5. The van der Waals surface area contributed by atoms with E-state index in [0.717, 1.165) is 88.0 Å². The number of nitrogens with zero attached hydrogens (tertiary/aromatic N) is 9. The van der Waals surface area contributed by atoms with E-state index in [4.69, 9.17) is 24.7 Å². The molecule has 0 atom stereocenters. The summed E-state index contributed by atoms with van der Waals surface area (Å²) in [5, 5.41) is 6.75. The lowest BCUT2D eigenvalue weighted by molar-refractivity contribution is -0.580. The van der Waals surface area contributed by atoms with Crippen LogP contribution in [0.15, 0.2) is 206 Å². The summed E-state index contributed by atoms with van der Waals surface area (Å²) in [6, 6.07) is 69.1. The van der Waals surface area contributed by atoms with Gasteiger partial charge in [-0.25, -0.2) is 4.98 Å². The van der Waals surface area contributed by atoms with Crippen molar-refractivity contribution >= 4 is 76.5 Å². The Labute approximate surface area is 407 Å². The standard InChI is InChI=1S/C61H43N9O/c1-61(2,3)39-33-34-62-57(35-39)68-49-24-9-4-23-47(49)48-32-31-42(37-56(48)68)71-41-18-16-17-40(36-41)66-38-67(55-30-15-14-29-54(55)66)58-63-59(69-50-25-10-5-19-43(50)44-20-6-11-26-51(44)69)65-60(64-58)70-52-27-12-7-21-45(52)46-22-8-13-28-53(46)70/h4-37H,1-3H3. The van der Waals surface area contributed by atoms with Crippen LogP contribution < -0.4 is 9.30 Å². The Morgan fingerprint density at radius 2 is 0.930 bits per heavy atom. The van der Waals surface area contributed by atoms with E-state index < -0.39 is 0 Å². The molecule has 71 heavy (non-hydrogen) atoms. The minimum atomic E-state index is -0.0321. The van der Waals surface area contributed by atoms with Crippen molar-refractivity contribution in [1.29, 1.82) is 0 Å². The highest BCUT2D eigenvalue weighted by molar-refractivity contribution is 6.11. The van der Waals surface area contributed by atoms with Crippen molar-refractivity contribution in [2.45, 2.75) is 26.2 Å². The zero-order valence-electron chi connectivity index (χ0n) is 39.1. The fourth-order valence-electron chi connectivity index (χ4n) is 10.4. The van der Waals surface area contributed by atoms with Crippen LogP contribution in [-0.4, -0.2) is 38.2 Å². The summed E-state index contributed by atoms with van der Waals surface area (Å²) < 4.78 is 17.3. The minimum absolute atomic E-state index is 0.0321. The van der Waals surface area contributed by atoms with Crippen LogP contribution in [0.25, 0.3) is 106 Å². The number of ether oxygens (including phenoxy) is 1. The fourth-order valence-corrected chi connectivity index (χ4v) is 10.4. The maximum absolute atomic E-state index is 6.77. The normalized spacial score (nSPS) is 12.2. The topological polar surface area (TPSA) is 84.4 Å². The molecule has 0 saturated heterocycles. The third-order valence-electron chi connectivity index (χ3n) is 13.7. The van der Waals surface area contributed by atoms with Gasteiger partial charge in [0, 0.05) is 61.3 Å². The van der Waals surface area contributed by atoms with Crippen LogP contribution in [0.2, 0.25) is 0 Å². The summed E-state index contributed by atoms with van der Waals surface area (Å²) in [5.74, 6) is 3.66. The van der Waals surface area contributed by atoms with Crippen LogP contribution in [0.1, 0.15) is 26.3 Å². The van der Waals surface area contributed by atoms with Gasteiger partial charge in [0.25, 0.3) is 11.9 Å². The number of imidazole rings is 1. The van der Waals surface area contributed by atoms with Gasteiger partial charge in [-0.3, -0.25) is 18.3 Å². The highest BCUT2D eigenvalue weighted by Gasteiger charge is 2.25. The van der Waals surface area contributed by atoms with Gasteiger partial charge in [0.15, 0.2) is 6.33 Å². The lowest BCUT2D eigenvalue weighted by Crippen LogP contribution is -2.34. The van der Waals surface area contributed by atoms with Crippen LogP contribution in [0.5, 0.6) is 11.5 Å². The summed E-state index contributed by atoms with van der Waals surface area (Å²) in [7, 11) is 0. The number of rotatable bonds is 7. The van der Waals surface area contributed by atoms with Crippen molar-refractivity contribution in [1.82, 2.24) is 38.2 Å². The second kappa shape index (κ2) is 15.6. The molecule has 0 spiro atoms. The molecule has 338 valence electrons. The van der Waals surface area contributed by atoms with E-state index in [0.29, 0.717) is 29.3 Å². The second-order valence-corrected chi connectivity index (χ2v) is 19.0. The Balaban J connectivity index is 0.921. The summed E-state index contributed by atoms with van der Waals surface area (Å²) in [4.78, 5) is 20.9. The van der Waals surface area contributed by atoms with Crippen LogP contribution in [0, 0.1) is 6.33 Å². The van der Waals surface area contributed by atoms with Crippen LogP contribution in [0.4, 0.5) is 0 Å². The van der Waals surface area contributed by atoms with E-state index in [1.54, 1.807) is 0 Å². The molecule has 0 aliphatic heterocycles. The molecule has 0 N–H and O–H groups in total. The number of fused-ring (bicyclic) bond motifs is 10. The van der Waals surface area contributed by atoms with Gasteiger partial charge in [-0.1, -0.05) is 148 Å². The molecule has 10 nitrogen and oxygen atoms in total. The predicted molar refractivity (Wildman–Crippen MR) is 283 cm³/mol. The summed E-state index contributed by atoms with van der Waals surface area (Å²) in [6.45, 7) is 6.69. The number of hydrogen-bond donors (Lipinski definition) is 0. The van der Waals surface area contributed by atoms with Crippen LogP contribution >= 0.6 is 0 Å². The highest BCUT2D eigenvalue weighted by Crippen LogP contribution is 2.38. The quantitative estimate of drug-likeness (QED) is 0.117. The van der Waals surface area contributed by atoms with Crippen LogP contribution in [0.3, 0.4) is 0 Å². The van der Waals surface area contributed by atoms with Crippen LogP contribution in [-0.2, 0) is 5.41 Å². The first-order chi connectivity index (χ1) is 34.8. The van der Waals surface area contributed by atoms with E-state index in [1.165, 1.54) is 5.56 Å². The van der Waals surface area contributed by atoms with E-state index in [-0.39, 0.29) is 5.41 Å². The molecule has 14 aromatic rings. The lowest BCUT2D eigenvalue weighted by Gasteiger charge is -2.20. The van der Waals surface area contributed by atoms with Gasteiger partial charge in [-0.05, 0) is 77.7 Å². The van der Waals surface area contributed by atoms with Crippen molar-refractivity contribution in [2.75, 3.05) is 0 Å². The first-order valence-electron chi connectivity index (χ1n) is 23.8. The summed E-state index contributed by atoms with van der Waals surface area (Å²) >= 11 is 0. The van der Waals surface area contributed by atoms with E-state index in [9.17, 15) is 0 Å². The minimum Gasteiger partial charge on any atom is -0.458 e. The summed E-state index contributed by atoms with van der Waals surface area (Å²) in [5.41, 5.74) is 9.93. The third-order valence-corrected chi connectivity index (χ3v) is 13.7. The van der Waals surface area contributed by atoms with Gasteiger partial charge < -0.3 is 9.30 Å². The average molecular weight is 918 g/mol. The average Bonchev–Trinajstić information content (AvgIpc) is 4.15. The molecular formula is C61H43N9O.